The summed E-state index contributed by atoms with van der Waals surface area (Å²) < 4.78 is 5.08. The summed E-state index contributed by atoms with van der Waals surface area (Å²) in [5.74, 6) is 0.122. The fraction of sp³-hybridized carbons (Fsp3) is 0.400. The summed E-state index contributed by atoms with van der Waals surface area (Å²) in [4.78, 5) is 22.0. The molecule has 3 heteroatoms. The molecule has 0 fully saturated rings. The van der Waals surface area contributed by atoms with Crippen LogP contribution in [0.4, 0.5) is 0 Å². The van der Waals surface area contributed by atoms with Crippen molar-refractivity contribution in [1.29, 1.82) is 0 Å². The van der Waals surface area contributed by atoms with E-state index < -0.39 is 5.92 Å². The van der Waals surface area contributed by atoms with Crippen molar-refractivity contribution in [3.8, 4) is 0 Å². The molecule has 0 spiro atoms. The molecular formula is C10H12O3. The van der Waals surface area contributed by atoms with E-state index in [-0.39, 0.29) is 18.0 Å². The van der Waals surface area contributed by atoms with Gasteiger partial charge >= 0.3 is 0 Å². The summed E-state index contributed by atoms with van der Waals surface area (Å²) in [5.41, 5.74) is 0. The number of ketones is 2. The van der Waals surface area contributed by atoms with E-state index in [0.717, 1.165) is 0 Å². The van der Waals surface area contributed by atoms with Crippen molar-refractivity contribution in [2.75, 3.05) is 0 Å². The molecule has 0 aliphatic rings. The number of Topliss-reactive ketones (excluding diaryl/α,β-unsaturated/α-hetero) is 2. The lowest BCUT2D eigenvalue weighted by atomic mass is 9.96. The minimum absolute atomic E-state index is 0.00315. The van der Waals surface area contributed by atoms with Gasteiger partial charge in [0.25, 0.3) is 0 Å². The van der Waals surface area contributed by atoms with Gasteiger partial charge in [0, 0.05) is 6.42 Å². The summed E-state index contributed by atoms with van der Waals surface area (Å²) in [6, 6.07) is 3.43. The molecule has 0 amide bonds. The molecular weight excluding hydrogens is 168 g/mol. The molecule has 0 saturated heterocycles. The first-order chi connectivity index (χ1) is 6.11. The predicted molar refractivity (Wildman–Crippen MR) is 47.4 cm³/mol. The summed E-state index contributed by atoms with van der Waals surface area (Å²) in [6.45, 7) is 2.94. The van der Waals surface area contributed by atoms with Gasteiger partial charge < -0.3 is 4.42 Å². The van der Waals surface area contributed by atoms with Gasteiger partial charge in [-0.15, -0.1) is 0 Å². The Balaban J connectivity index is 2.81. The van der Waals surface area contributed by atoms with Gasteiger partial charge in [-0.2, -0.15) is 0 Å². The van der Waals surface area contributed by atoms with Crippen LogP contribution >= 0.6 is 0 Å². The van der Waals surface area contributed by atoms with E-state index in [1.54, 1.807) is 12.1 Å². The summed E-state index contributed by atoms with van der Waals surface area (Å²) in [6.07, 6.45) is 1.73. The van der Waals surface area contributed by atoms with E-state index in [9.17, 15) is 9.59 Å². The molecule has 70 valence electrons. The van der Waals surface area contributed by atoms with Crippen molar-refractivity contribution >= 4 is 11.6 Å². The Morgan fingerprint density at radius 1 is 1.46 bits per heavy atom. The van der Waals surface area contributed by atoms with Crippen molar-refractivity contribution in [1.82, 2.24) is 0 Å². The van der Waals surface area contributed by atoms with E-state index in [0.29, 0.717) is 5.76 Å². The highest BCUT2D eigenvalue weighted by molar-refractivity contribution is 5.88. The molecule has 0 saturated carbocycles. The van der Waals surface area contributed by atoms with Gasteiger partial charge in [0.15, 0.2) is 0 Å². The van der Waals surface area contributed by atoms with Crippen LogP contribution in [0.5, 0.6) is 0 Å². The highest BCUT2D eigenvalue weighted by Crippen LogP contribution is 2.21. The zero-order valence-electron chi connectivity index (χ0n) is 7.74. The van der Waals surface area contributed by atoms with Crippen LogP contribution in [0.3, 0.4) is 0 Å². The summed E-state index contributed by atoms with van der Waals surface area (Å²) in [5, 5.41) is 0. The summed E-state index contributed by atoms with van der Waals surface area (Å²) >= 11 is 0. The largest absolute Gasteiger partial charge is 0.469 e. The quantitative estimate of drug-likeness (QED) is 0.711. The number of furan rings is 1. The first-order valence-electron chi connectivity index (χ1n) is 4.14. The molecule has 1 rings (SSSR count). The second-order valence-corrected chi connectivity index (χ2v) is 3.08. The number of hydrogen-bond acceptors (Lipinski definition) is 3. The molecule has 0 bridgehead atoms. The lowest BCUT2D eigenvalue weighted by Gasteiger charge is -2.07. The molecule has 1 heterocycles. The van der Waals surface area contributed by atoms with Crippen molar-refractivity contribution in [2.45, 2.75) is 26.2 Å². The number of carbonyl (C=O) groups is 2. The molecule has 1 atom stereocenters. The highest BCUT2D eigenvalue weighted by Gasteiger charge is 2.20. The van der Waals surface area contributed by atoms with E-state index in [1.807, 2.05) is 0 Å². The van der Waals surface area contributed by atoms with E-state index in [2.05, 4.69) is 0 Å². The van der Waals surface area contributed by atoms with Crippen molar-refractivity contribution < 1.29 is 14.0 Å². The van der Waals surface area contributed by atoms with Gasteiger partial charge in [-0.25, -0.2) is 0 Å². The van der Waals surface area contributed by atoms with E-state index in [1.165, 1.54) is 20.1 Å². The van der Waals surface area contributed by atoms with Gasteiger partial charge in [0.2, 0.25) is 0 Å². The molecule has 1 aromatic heterocycles. The topological polar surface area (TPSA) is 47.3 Å². The third-order valence-electron chi connectivity index (χ3n) is 1.87. The van der Waals surface area contributed by atoms with Crippen LogP contribution in [-0.2, 0) is 9.59 Å². The van der Waals surface area contributed by atoms with Crippen molar-refractivity contribution in [2.24, 2.45) is 0 Å². The minimum atomic E-state index is -0.410. The Labute approximate surface area is 76.7 Å². The standard InChI is InChI=1S/C10H12O3/c1-7(11)6-9(8(2)12)10-4-3-5-13-10/h3-5,9H,6H2,1-2H3. The Hall–Kier alpha value is -1.38. The van der Waals surface area contributed by atoms with Crippen LogP contribution in [0.25, 0.3) is 0 Å². The number of rotatable bonds is 4. The van der Waals surface area contributed by atoms with Crippen LogP contribution in [0, 0.1) is 0 Å². The fourth-order valence-corrected chi connectivity index (χ4v) is 1.22. The number of hydrogen-bond donors (Lipinski definition) is 0. The maximum atomic E-state index is 11.2. The van der Waals surface area contributed by atoms with Crippen molar-refractivity contribution in [3.05, 3.63) is 24.2 Å². The van der Waals surface area contributed by atoms with Crippen LogP contribution in [0.2, 0.25) is 0 Å². The van der Waals surface area contributed by atoms with Crippen LogP contribution < -0.4 is 0 Å². The van der Waals surface area contributed by atoms with Gasteiger partial charge in [0.05, 0.1) is 12.2 Å². The van der Waals surface area contributed by atoms with Crippen molar-refractivity contribution in [3.63, 3.8) is 0 Å². The fourth-order valence-electron chi connectivity index (χ4n) is 1.22. The monoisotopic (exact) mass is 180 g/mol. The molecule has 0 aliphatic carbocycles. The zero-order valence-corrected chi connectivity index (χ0v) is 7.74. The Kier molecular flexibility index (Phi) is 3.01. The first-order valence-corrected chi connectivity index (χ1v) is 4.14. The van der Waals surface area contributed by atoms with Gasteiger partial charge in [0.1, 0.15) is 17.3 Å². The molecule has 1 unspecified atom stereocenters. The molecule has 0 radical (unpaired) electrons. The molecule has 0 aromatic carbocycles. The molecule has 1 aromatic rings. The van der Waals surface area contributed by atoms with Crippen LogP contribution in [-0.4, -0.2) is 11.6 Å². The van der Waals surface area contributed by atoms with Gasteiger partial charge in [-0.3, -0.25) is 9.59 Å². The second-order valence-electron chi connectivity index (χ2n) is 3.08. The Morgan fingerprint density at radius 3 is 2.54 bits per heavy atom. The minimum Gasteiger partial charge on any atom is -0.469 e. The maximum absolute atomic E-state index is 11.2. The third kappa shape index (κ3) is 2.54. The highest BCUT2D eigenvalue weighted by atomic mass is 16.3. The summed E-state index contributed by atoms with van der Waals surface area (Å²) in [7, 11) is 0. The zero-order chi connectivity index (χ0) is 9.84. The van der Waals surface area contributed by atoms with Gasteiger partial charge in [-0.1, -0.05) is 0 Å². The molecule has 3 nitrogen and oxygen atoms in total. The maximum Gasteiger partial charge on any atom is 0.140 e. The molecule has 13 heavy (non-hydrogen) atoms. The lowest BCUT2D eigenvalue weighted by molar-refractivity contribution is -0.123. The van der Waals surface area contributed by atoms with E-state index in [4.69, 9.17) is 4.42 Å². The van der Waals surface area contributed by atoms with Crippen LogP contribution in [0.15, 0.2) is 22.8 Å². The SMILES string of the molecule is CC(=O)CC(C(C)=O)c1ccco1. The van der Waals surface area contributed by atoms with E-state index >= 15 is 0 Å². The lowest BCUT2D eigenvalue weighted by Crippen LogP contribution is -2.11. The smallest absolute Gasteiger partial charge is 0.140 e. The normalized spacial score (nSPS) is 12.5. The molecule has 0 aliphatic heterocycles. The third-order valence-corrected chi connectivity index (χ3v) is 1.87. The Bertz CT molecular complexity index is 298. The second kappa shape index (κ2) is 4.03. The Morgan fingerprint density at radius 2 is 2.15 bits per heavy atom. The average molecular weight is 180 g/mol. The van der Waals surface area contributed by atoms with Gasteiger partial charge in [-0.05, 0) is 26.0 Å². The number of carbonyl (C=O) groups excluding carboxylic acids is 2. The first kappa shape index (κ1) is 9.71. The average Bonchev–Trinajstić information content (AvgIpc) is 2.50. The predicted octanol–water partition coefficient (Wildman–Crippen LogP) is 1.93. The molecule has 0 N–H and O–H groups in total. The van der Waals surface area contributed by atoms with Crippen LogP contribution in [0.1, 0.15) is 31.9 Å².